The summed E-state index contributed by atoms with van der Waals surface area (Å²) in [7, 11) is 1.69. The zero-order valence-corrected chi connectivity index (χ0v) is 14.6. The summed E-state index contributed by atoms with van der Waals surface area (Å²) in [6.45, 7) is 0. The van der Waals surface area contributed by atoms with Gasteiger partial charge in [0.25, 0.3) is 5.91 Å². The van der Waals surface area contributed by atoms with Crippen LogP contribution in [-0.2, 0) is 4.79 Å². The number of carbonyl (C=O) groups excluding carboxylic acids is 2. The SMILES string of the molecule is CN(C=O)c1cccc2cccc(NC(=O)c3ccc(Br)cc3)c12. The zero-order valence-electron chi connectivity index (χ0n) is 13.0. The Morgan fingerprint density at radius 3 is 2.38 bits per heavy atom. The van der Waals surface area contributed by atoms with E-state index in [1.165, 1.54) is 4.90 Å². The molecule has 0 atom stereocenters. The van der Waals surface area contributed by atoms with Crippen molar-refractivity contribution in [2.24, 2.45) is 0 Å². The van der Waals surface area contributed by atoms with Gasteiger partial charge in [-0.1, -0.05) is 40.2 Å². The van der Waals surface area contributed by atoms with Crippen LogP contribution in [0.1, 0.15) is 10.4 Å². The number of amides is 2. The van der Waals surface area contributed by atoms with E-state index in [-0.39, 0.29) is 5.91 Å². The fourth-order valence-electron chi connectivity index (χ4n) is 2.57. The van der Waals surface area contributed by atoms with E-state index in [4.69, 9.17) is 0 Å². The van der Waals surface area contributed by atoms with Gasteiger partial charge < -0.3 is 10.2 Å². The normalized spacial score (nSPS) is 10.4. The van der Waals surface area contributed by atoms with Crippen LogP contribution in [-0.4, -0.2) is 19.4 Å². The van der Waals surface area contributed by atoms with Gasteiger partial charge in [0.2, 0.25) is 6.41 Å². The minimum absolute atomic E-state index is 0.196. The molecule has 24 heavy (non-hydrogen) atoms. The molecule has 120 valence electrons. The van der Waals surface area contributed by atoms with E-state index in [1.807, 2.05) is 48.5 Å². The first kappa shape index (κ1) is 16.2. The molecule has 0 fully saturated rings. The predicted octanol–water partition coefficient (Wildman–Crippen LogP) is 4.45. The van der Waals surface area contributed by atoms with Crippen molar-refractivity contribution >= 4 is 50.4 Å². The lowest BCUT2D eigenvalue weighted by Crippen LogP contribution is -2.16. The number of nitrogens with one attached hydrogen (secondary N) is 1. The average Bonchev–Trinajstić information content (AvgIpc) is 2.61. The molecule has 0 saturated carbocycles. The maximum atomic E-state index is 12.5. The van der Waals surface area contributed by atoms with Crippen LogP contribution in [0.25, 0.3) is 10.8 Å². The molecule has 3 aromatic carbocycles. The second kappa shape index (κ2) is 6.84. The zero-order chi connectivity index (χ0) is 17.1. The van der Waals surface area contributed by atoms with Gasteiger partial charge in [0.05, 0.1) is 11.4 Å². The number of hydrogen-bond acceptors (Lipinski definition) is 2. The summed E-state index contributed by atoms with van der Waals surface area (Å²) in [6, 6.07) is 18.5. The molecule has 3 rings (SSSR count). The van der Waals surface area contributed by atoms with Crippen molar-refractivity contribution in [3.05, 3.63) is 70.7 Å². The van der Waals surface area contributed by atoms with Crippen LogP contribution >= 0.6 is 15.9 Å². The topological polar surface area (TPSA) is 49.4 Å². The quantitative estimate of drug-likeness (QED) is 0.677. The van der Waals surface area contributed by atoms with Gasteiger partial charge in [0.15, 0.2) is 0 Å². The van der Waals surface area contributed by atoms with Crippen molar-refractivity contribution in [3.63, 3.8) is 0 Å². The second-order valence-electron chi connectivity index (χ2n) is 5.36. The molecule has 5 heteroatoms. The van der Waals surface area contributed by atoms with E-state index in [9.17, 15) is 9.59 Å². The van der Waals surface area contributed by atoms with Crippen molar-refractivity contribution in [2.75, 3.05) is 17.3 Å². The number of hydrogen-bond donors (Lipinski definition) is 1. The van der Waals surface area contributed by atoms with Crippen LogP contribution in [0.5, 0.6) is 0 Å². The summed E-state index contributed by atoms with van der Waals surface area (Å²) in [6.07, 6.45) is 0.752. The van der Waals surface area contributed by atoms with Crippen LogP contribution in [0, 0.1) is 0 Å². The molecule has 0 aromatic heterocycles. The third-order valence-electron chi connectivity index (χ3n) is 3.78. The van der Waals surface area contributed by atoms with Gasteiger partial charge >= 0.3 is 0 Å². The van der Waals surface area contributed by atoms with Crippen molar-refractivity contribution in [3.8, 4) is 0 Å². The van der Waals surface area contributed by atoms with Crippen LogP contribution in [0.3, 0.4) is 0 Å². The number of nitrogens with zero attached hydrogens (tertiary/aromatic N) is 1. The van der Waals surface area contributed by atoms with Crippen LogP contribution in [0.2, 0.25) is 0 Å². The fourth-order valence-corrected chi connectivity index (χ4v) is 2.84. The molecule has 0 aliphatic rings. The number of rotatable bonds is 4. The fraction of sp³-hybridized carbons (Fsp3) is 0.0526. The molecule has 3 aromatic rings. The molecule has 0 unspecified atom stereocenters. The molecule has 0 radical (unpaired) electrons. The van der Waals surface area contributed by atoms with E-state index in [0.717, 1.165) is 27.3 Å². The Morgan fingerprint density at radius 2 is 1.71 bits per heavy atom. The average molecular weight is 383 g/mol. The Hall–Kier alpha value is -2.66. The van der Waals surface area contributed by atoms with E-state index >= 15 is 0 Å². The molecule has 4 nitrogen and oxygen atoms in total. The molecule has 0 aliphatic heterocycles. The summed E-state index contributed by atoms with van der Waals surface area (Å²) in [4.78, 5) is 25.2. The third-order valence-corrected chi connectivity index (χ3v) is 4.30. The molecule has 0 spiro atoms. The lowest BCUT2D eigenvalue weighted by atomic mass is 10.1. The van der Waals surface area contributed by atoms with E-state index in [2.05, 4.69) is 21.2 Å². The summed E-state index contributed by atoms with van der Waals surface area (Å²) in [5.74, 6) is -0.196. The Balaban J connectivity index is 2.04. The third kappa shape index (κ3) is 3.16. The first-order valence-electron chi connectivity index (χ1n) is 7.37. The van der Waals surface area contributed by atoms with E-state index in [1.54, 1.807) is 19.2 Å². The molecular formula is C19H15BrN2O2. The largest absolute Gasteiger partial charge is 0.321 e. The number of benzene rings is 3. The minimum Gasteiger partial charge on any atom is -0.321 e. The Morgan fingerprint density at radius 1 is 1.04 bits per heavy atom. The number of fused-ring (bicyclic) bond motifs is 1. The smallest absolute Gasteiger partial charge is 0.255 e. The molecular weight excluding hydrogens is 368 g/mol. The Labute approximate surface area is 148 Å². The molecule has 1 N–H and O–H groups in total. The number of anilines is 2. The first-order valence-corrected chi connectivity index (χ1v) is 8.16. The summed E-state index contributed by atoms with van der Waals surface area (Å²) in [5, 5.41) is 4.73. The van der Waals surface area contributed by atoms with E-state index < -0.39 is 0 Å². The standard InChI is InChI=1S/C19H15BrN2O2/c1-22(12-23)17-7-3-5-13-4-2-6-16(18(13)17)21-19(24)14-8-10-15(20)11-9-14/h2-12H,1H3,(H,21,24). The summed E-state index contributed by atoms with van der Waals surface area (Å²) >= 11 is 3.36. The van der Waals surface area contributed by atoms with Gasteiger partial charge in [0.1, 0.15) is 0 Å². The Kier molecular flexibility index (Phi) is 4.62. The number of halogens is 1. The second-order valence-corrected chi connectivity index (χ2v) is 6.27. The van der Waals surface area contributed by atoms with Gasteiger partial charge in [-0.2, -0.15) is 0 Å². The highest BCUT2D eigenvalue weighted by Gasteiger charge is 2.12. The lowest BCUT2D eigenvalue weighted by Gasteiger charge is -2.17. The van der Waals surface area contributed by atoms with Gasteiger partial charge in [-0.25, -0.2) is 0 Å². The van der Waals surface area contributed by atoms with Crippen molar-refractivity contribution in [1.82, 2.24) is 0 Å². The van der Waals surface area contributed by atoms with Crippen molar-refractivity contribution in [2.45, 2.75) is 0 Å². The highest BCUT2D eigenvalue weighted by Crippen LogP contribution is 2.32. The van der Waals surface area contributed by atoms with Gasteiger partial charge in [-0.3, -0.25) is 9.59 Å². The lowest BCUT2D eigenvalue weighted by molar-refractivity contribution is -0.107. The molecule has 0 heterocycles. The van der Waals surface area contributed by atoms with Crippen molar-refractivity contribution < 1.29 is 9.59 Å². The molecule has 2 amide bonds. The van der Waals surface area contributed by atoms with Crippen LogP contribution < -0.4 is 10.2 Å². The van der Waals surface area contributed by atoms with Crippen LogP contribution in [0.4, 0.5) is 11.4 Å². The van der Waals surface area contributed by atoms with Crippen LogP contribution in [0.15, 0.2) is 65.1 Å². The van der Waals surface area contributed by atoms with Gasteiger partial charge in [-0.05, 0) is 41.8 Å². The van der Waals surface area contributed by atoms with Gasteiger partial charge in [-0.15, -0.1) is 0 Å². The monoisotopic (exact) mass is 382 g/mol. The molecule has 0 bridgehead atoms. The number of carbonyl (C=O) groups is 2. The molecule has 0 aliphatic carbocycles. The minimum atomic E-state index is -0.196. The summed E-state index contributed by atoms with van der Waals surface area (Å²) in [5.41, 5.74) is 1.98. The van der Waals surface area contributed by atoms with Gasteiger partial charge in [0, 0.05) is 22.5 Å². The maximum Gasteiger partial charge on any atom is 0.255 e. The highest BCUT2D eigenvalue weighted by atomic mass is 79.9. The predicted molar refractivity (Wildman–Crippen MR) is 101 cm³/mol. The van der Waals surface area contributed by atoms with E-state index in [0.29, 0.717) is 11.3 Å². The first-order chi connectivity index (χ1) is 11.6. The van der Waals surface area contributed by atoms with Crippen molar-refractivity contribution in [1.29, 1.82) is 0 Å². The summed E-state index contributed by atoms with van der Waals surface area (Å²) < 4.78 is 0.916. The Bertz CT molecular complexity index is 902. The maximum absolute atomic E-state index is 12.5. The molecule has 0 saturated heterocycles. The highest BCUT2D eigenvalue weighted by molar-refractivity contribution is 9.10.